The van der Waals surface area contributed by atoms with Crippen LogP contribution in [0.25, 0.3) is 0 Å². The molecule has 16 heavy (non-hydrogen) atoms. The molecule has 1 rings (SSSR count). The van der Waals surface area contributed by atoms with Crippen LogP contribution in [0.1, 0.15) is 12.5 Å². The van der Waals surface area contributed by atoms with Gasteiger partial charge in [-0.15, -0.1) is 11.8 Å². The lowest BCUT2D eigenvalue weighted by atomic mass is 10.2. The molecule has 0 radical (unpaired) electrons. The molecule has 0 aliphatic rings. The minimum atomic E-state index is -0.182. The van der Waals surface area contributed by atoms with Crippen LogP contribution < -0.4 is 5.73 Å². The van der Waals surface area contributed by atoms with Crippen LogP contribution in [0.4, 0.5) is 5.69 Å². The zero-order chi connectivity index (χ0) is 12.1. The normalized spacial score (nSPS) is 12.2. The molecule has 0 aromatic heterocycles. The number of hydrogen-bond donors (Lipinski definition) is 1. The van der Waals surface area contributed by atoms with Gasteiger partial charge < -0.3 is 10.5 Å². The number of benzene rings is 1. The number of esters is 1. The molecule has 0 heterocycles. The third-order valence-electron chi connectivity index (χ3n) is 2.26. The fraction of sp³-hybridized carbons (Fsp3) is 0.417. The number of thioether (sulfide) groups is 1. The molecule has 3 nitrogen and oxygen atoms in total. The van der Waals surface area contributed by atoms with E-state index in [2.05, 4.69) is 4.74 Å². The lowest BCUT2D eigenvalue weighted by molar-refractivity contribution is -0.143. The highest BCUT2D eigenvalue weighted by atomic mass is 32.2. The summed E-state index contributed by atoms with van der Waals surface area (Å²) in [5.41, 5.74) is 7.77. The van der Waals surface area contributed by atoms with Crippen molar-refractivity contribution in [3.63, 3.8) is 0 Å². The third-order valence-corrected chi connectivity index (χ3v) is 3.59. The van der Waals surface area contributed by atoms with Crippen LogP contribution in [0.3, 0.4) is 0 Å². The number of carbonyl (C=O) groups excluding carboxylic acids is 1. The van der Waals surface area contributed by atoms with Crippen molar-refractivity contribution in [2.45, 2.75) is 18.7 Å². The van der Waals surface area contributed by atoms with Gasteiger partial charge in [0, 0.05) is 16.3 Å². The topological polar surface area (TPSA) is 52.3 Å². The first kappa shape index (κ1) is 12.9. The van der Waals surface area contributed by atoms with Gasteiger partial charge in [-0.25, -0.2) is 0 Å². The van der Waals surface area contributed by atoms with Crippen molar-refractivity contribution in [3.05, 3.63) is 23.8 Å². The summed E-state index contributed by atoms with van der Waals surface area (Å²) < 4.78 is 4.67. The molecule has 0 saturated carbocycles. The van der Waals surface area contributed by atoms with E-state index >= 15 is 0 Å². The van der Waals surface area contributed by atoms with Crippen molar-refractivity contribution in [2.24, 2.45) is 5.92 Å². The summed E-state index contributed by atoms with van der Waals surface area (Å²) >= 11 is 1.59. The molecular weight excluding hydrogens is 222 g/mol. The Balaban J connectivity index is 2.60. The Morgan fingerprint density at radius 3 is 2.88 bits per heavy atom. The second kappa shape index (κ2) is 5.80. The van der Waals surface area contributed by atoms with Gasteiger partial charge in [0.1, 0.15) is 0 Å². The zero-order valence-electron chi connectivity index (χ0n) is 9.82. The van der Waals surface area contributed by atoms with Gasteiger partial charge in [-0.2, -0.15) is 0 Å². The smallest absolute Gasteiger partial charge is 0.309 e. The van der Waals surface area contributed by atoms with Crippen molar-refractivity contribution in [2.75, 3.05) is 18.6 Å². The predicted octanol–water partition coefficient (Wildman–Crippen LogP) is 2.48. The molecule has 0 spiro atoms. The van der Waals surface area contributed by atoms with Crippen LogP contribution in [0.5, 0.6) is 0 Å². The minimum Gasteiger partial charge on any atom is -0.469 e. The summed E-state index contributed by atoms with van der Waals surface area (Å²) in [6, 6.07) is 5.90. The van der Waals surface area contributed by atoms with Crippen LogP contribution in [0.2, 0.25) is 0 Å². The Hall–Kier alpha value is -1.16. The van der Waals surface area contributed by atoms with E-state index in [-0.39, 0.29) is 11.9 Å². The largest absolute Gasteiger partial charge is 0.469 e. The number of nitrogen functional groups attached to an aromatic ring is 1. The molecule has 88 valence electrons. The molecule has 0 fully saturated rings. The second-order valence-electron chi connectivity index (χ2n) is 3.78. The van der Waals surface area contributed by atoms with E-state index in [9.17, 15) is 4.79 Å². The first-order valence-corrected chi connectivity index (χ1v) is 6.10. The average molecular weight is 239 g/mol. The highest BCUT2D eigenvalue weighted by Gasteiger charge is 2.13. The fourth-order valence-electron chi connectivity index (χ4n) is 1.25. The monoisotopic (exact) mass is 239 g/mol. The minimum absolute atomic E-state index is 0.116. The first-order chi connectivity index (χ1) is 7.54. The van der Waals surface area contributed by atoms with E-state index in [1.807, 2.05) is 32.0 Å². The van der Waals surface area contributed by atoms with Crippen LogP contribution in [-0.4, -0.2) is 18.8 Å². The molecular formula is C12H17NO2S. The van der Waals surface area contributed by atoms with Crippen LogP contribution in [0, 0.1) is 12.8 Å². The lowest BCUT2D eigenvalue weighted by Crippen LogP contribution is -2.14. The maximum absolute atomic E-state index is 11.2. The maximum Gasteiger partial charge on any atom is 0.309 e. The van der Waals surface area contributed by atoms with Crippen molar-refractivity contribution in [1.29, 1.82) is 0 Å². The number of ether oxygens (including phenoxy) is 1. The molecule has 4 heteroatoms. The Labute approximate surface area is 100 Å². The molecule has 1 unspecified atom stereocenters. The third kappa shape index (κ3) is 3.45. The van der Waals surface area contributed by atoms with E-state index < -0.39 is 0 Å². The molecule has 2 N–H and O–H groups in total. The fourth-order valence-corrected chi connectivity index (χ4v) is 2.32. The van der Waals surface area contributed by atoms with Crippen molar-refractivity contribution in [3.8, 4) is 0 Å². The number of nitrogens with two attached hydrogens (primary N) is 1. The summed E-state index contributed by atoms with van der Waals surface area (Å²) in [4.78, 5) is 12.2. The lowest BCUT2D eigenvalue weighted by Gasteiger charge is -2.10. The predicted molar refractivity (Wildman–Crippen MR) is 67.5 cm³/mol. The summed E-state index contributed by atoms with van der Waals surface area (Å²) in [5.74, 6) is 0.383. The van der Waals surface area contributed by atoms with Gasteiger partial charge in [0.25, 0.3) is 0 Å². The molecule has 1 aromatic carbocycles. The Bertz CT molecular complexity index is 379. The van der Waals surface area contributed by atoms with Gasteiger partial charge in [0.2, 0.25) is 0 Å². The number of aryl methyl sites for hydroxylation is 1. The van der Waals surface area contributed by atoms with Gasteiger partial charge in [-0.3, -0.25) is 4.79 Å². The average Bonchev–Trinajstić information content (AvgIpc) is 2.28. The van der Waals surface area contributed by atoms with Crippen LogP contribution in [-0.2, 0) is 9.53 Å². The highest BCUT2D eigenvalue weighted by molar-refractivity contribution is 7.99. The Kier molecular flexibility index (Phi) is 4.68. The Morgan fingerprint density at radius 1 is 1.56 bits per heavy atom. The zero-order valence-corrected chi connectivity index (χ0v) is 10.6. The summed E-state index contributed by atoms with van der Waals surface area (Å²) in [5, 5.41) is 0. The number of methoxy groups -OCH3 is 1. The SMILES string of the molecule is COC(=O)C(C)CSc1cc(C)ccc1N. The molecule has 0 saturated heterocycles. The number of carbonyl (C=O) groups is 1. The van der Waals surface area contributed by atoms with Crippen molar-refractivity contribution in [1.82, 2.24) is 0 Å². The van der Waals surface area contributed by atoms with Gasteiger partial charge in [0.05, 0.1) is 13.0 Å². The molecule has 0 bridgehead atoms. The van der Waals surface area contributed by atoms with Crippen molar-refractivity contribution < 1.29 is 9.53 Å². The number of hydrogen-bond acceptors (Lipinski definition) is 4. The van der Waals surface area contributed by atoms with E-state index in [0.717, 1.165) is 10.6 Å². The number of rotatable bonds is 4. The van der Waals surface area contributed by atoms with Crippen molar-refractivity contribution >= 4 is 23.4 Å². The van der Waals surface area contributed by atoms with Gasteiger partial charge in [-0.05, 0) is 24.6 Å². The highest BCUT2D eigenvalue weighted by Crippen LogP contribution is 2.27. The molecule has 0 aliphatic carbocycles. The Morgan fingerprint density at radius 2 is 2.25 bits per heavy atom. The quantitative estimate of drug-likeness (QED) is 0.498. The van der Waals surface area contributed by atoms with E-state index in [1.54, 1.807) is 11.8 Å². The summed E-state index contributed by atoms with van der Waals surface area (Å²) in [7, 11) is 1.41. The van der Waals surface area contributed by atoms with E-state index in [1.165, 1.54) is 12.7 Å². The summed E-state index contributed by atoms with van der Waals surface area (Å²) in [6.07, 6.45) is 0. The van der Waals surface area contributed by atoms with E-state index in [0.29, 0.717) is 5.75 Å². The molecule has 0 aliphatic heterocycles. The van der Waals surface area contributed by atoms with Gasteiger partial charge >= 0.3 is 5.97 Å². The second-order valence-corrected chi connectivity index (χ2v) is 4.84. The molecule has 1 atom stereocenters. The van der Waals surface area contributed by atoms with Crippen LogP contribution in [0.15, 0.2) is 23.1 Å². The molecule has 1 aromatic rings. The van der Waals surface area contributed by atoms with Gasteiger partial charge in [0.15, 0.2) is 0 Å². The number of anilines is 1. The maximum atomic E-state index is 11.2. The standard InChI is InChI=1S/C12H17NO2S/c1-8-4-5-10(13)11(6-8)16-7-9(2)12(14)15-3/h4-6,9H,7,13H2,1-3H3. The first-order valence-electron chi connectivity index (χ1n) is 5.11. The van der Waals surface area contributed by atoms with E-state index in [4.69, 9.17) is 5.73 Å². The van der Waals surface area contributed by atoms with Crippen LogP contribution >= 0.6 is 11.8 Å². The van der Waals surface area contributed by atoms with Gasteiger partial charge in [-0.1, -0.05) is 13.0 Å². The molecule has 0 amide bonds. The summed E-state index contributed by atoms with van der Waals surface area (Å²) in [6.45, 7) is 3.87.